The number of carboxylic acids is 1. The Labute approximate surface area is 156 Å². The maximum absolute atomic E-state index is 12.3. The molecule has 27 heavy (non-hydrogen) atoms. The zero-order valence-electron chi connectivity index (χ0n) is 14.7. The second kappa shape index (κ2) is 8.55. The minimum atomic E-state index is -0.980. The molecule has 0 aromatic heterocycles. The molecule has 0 spiro atoms. The topological polar surface area (TPSA) is 96.3 Å². The Morgan fingerprint density at radius 2 is 1.67 bits per heavy atom. The van der Waals surface area contributed by atoms with E-state index in [0.29, 0.717) is 31.1 Å². The van der Waals surface area contributed by atoms with E-state index in [-0.39, 0.29) is 30.6 Å². The van der Waals surface area contributed by atoms with Crippen LogP contribution in [0.15, 0.2) is 48.5 Å². The van der Waals surface area contributed by atoms with Gasteiger partial charge in [-0.3, -0.25) is 4.79 Å². The molecular weight excluding hydrogens is 350 g/mol. The standard InChI is InChI=1S/C20H21NO6/c22-9-10-26-17-7-3-16(4-8-17)21-12-14(11-19(21)23)13-27-18-5-1-15(2-6-18)20(24)25/h1-8,14,22H,9-13H2,(H,24,25). The van der Waals surface area contributed by atoms with Crippen LogP contribution in [0.5, 0.6) is 11.5 Å². The highest BCUT2D eigenvalue weighted by atomic mass is 16.5. The normalized spacial score (nSPS) is 16.4. The summed E-state index contributed by atoms with van der Waals surface area (Å²) < 4.78 is 11.0. The van der Waals surface area contributed by atoms with E-state index in [1.807, 2.05) is 12.1 Å². The van der Waals surface area contributed by atoms with Crippen LogP contribution < -0.4 is 14.4 Å². The van der Waals surface area contributed by atoms with Gasteiger partial charge in [0.2, 0.25) is 5.91 Å². The molecule has 1 aliphatic heterocycles. The minimum Gasteiger partial charge on any atom is -0.493 e. The van der Waals surface area contributed by atoms with E-state index in [4.69, 9.17) is 19.7 Å². The maximum atomic E-state index is 12.3. The third-order valence-electron chi connectivity index (χ3n) is 4.30. The monoisotopic (exact) mass is 371 g/mol. The van der Waals surface area contributed by atoms with Crippen molar-refractivity contribution >= 4 is 17.6 Å². The number of rotatable bonds is 8. The summed E-state index contributed by atoms with van der Waals surface area (Å²) in [6.45, 7) is 1.12. The van der Waals surface area contributed by atoms with Gasteiger partial charge >= 0.3 is 5.97 Å². The van der Waals surface area contributed by atoms with Gasteiger partial charge in [0.1, 0.15) is 18.1 Å². The maximum Gasteiger partial charge on any atom is 0.335 e. The number of nitrogens with zero attached hydrogens (tertiary/aromatic N) is 1. The fraction of sp³-hybridized carbons (Fsp3) is 0.300. The largest absolute Gasteiger partial charge is 0.493 e. The summed E-state index contributed by atoms with van der Waals surface area (Å²) in [7, 11) is 0. The summed E-state index contributed by atoms with van der Waals surface area (Å²) in [4.78, 5) is 24.9. The zero-order valence-corrected chi connectivity index (χ0v) is 14.7. The van der Waals surface area contributed by atoms with E-state index in [9.17, 15) is 9.59 Å². The Hall–Kier alpha value is -3.06. The molecule has 1 unspecified atom stereocenters. The Morgan fingerprint density at radius 1 is 1.04 bits per heavy atom. The van der Waals surface area contributed by atoms with Gasteiger partial charge in [0.25, 0.3) is 0 Å². The number of benzene rings is 2. The Morgan fingerprint density at radius 3 is 2.30 bits per heavy atom. The molecule has 7 nitrogen and oxygen atoms in total. The molecule has 2 aromatic carbocycles. The lowest BCUT2D eigenvalue weighted by Crippen LogP contribution is -2.25. The molecule has 1 aliphatic rings. The Bertz CT molecular complexity index is 787. The number of hydrogen-bond donors (Lipinski definition) is 2. The zero-order chi connectivity index (χ0) is 19.2. The molecule has 0 bridgehead atoms. The molecule has 1 saturated heterocycles. The average molecular weight is 371 g/mol. The highest BCUT2D eigenvalue weighted by molar-refractivity contribution is 5.95. The fourth-order valence-electron chi connectivity index (χ4n) is 2.94. The van der Waals surface area contributed by atoms with Gasteiger partial charge in [-0.05, 0) is 48.5 Å². The van der Waals surface area contributed by atoms with Crippen molar-refractivity contribution in [3.05, 3.63) is 54.1 Å². The average Bonchev–Trinajstić information content (AvgIpc) is 3.06. The summed E-state index contributed by atoms with van der Waals surface area (Å²) in [6, 6.07) is 13.4. The Balaban J connectivity index is 1.54. The molecular formula is C20H21NO6. The van der Waals surface area contributed by atoms with Crippen molar-refractivity contribution in [2.75, 3.05) is 31.3 Å². The molecule has 2 aromatic rings. The van der Waals surface area contributed by atoms with Gasteiger partial charge in [0, 0.05) is 24.6 Å². The van der Waals surface area contributed by atoms with Gasteiger partial charge < -0.3 is 24.6 Å². The van der Waals surface area contributed by atoms with Crippen LogP contribution in [0.4, 0.5) is 5.69 Å². The molecule has 1 amide bonds. The van der Waals surface area contributed by atoms with E-state index < -0.39 is 5.97 Å². The summed E-state index contributed by atoms with van der Waals surface area (Å²) >= 11 is 0. The first-order valence-corrected chi connectivity index (χ1v) is 8.67. The predicted molar refractivity (Wildman–Crippen MR) is 98.4 cm³/mol. The minimum absolute atomic E-state index is 0.0360. The van der Waals surface area contributed by atoms with Crippen molar-refractivity contribution in [1.29, 1.82) is 0 Å². The summed E-state index contributed by atoms with van der Waals surface area (Å²) in [5.41, 5.74) is 1.00. The van der Waals surface area contributed by atoms with Crippen LogP contribution in [-0.2, 0) is 4.79 Å². The van der Waals surface area contributed by atoms with Gasteiger partial charge in [-0.2, -0.15) is 0 Å². The van der Waals surface area contributed by atoms with Gasteiger partial charge in [-0.1, -0.05) is 0 Å². The first kappa shape index (κ1) is 18.7. The molecule has 0 radical (unpaired) electrons. The first-order valence-electron chi connectivity index (χ1n) is 8.67. The quantitative estimate of drug-likeness (QED) is 0.738. The van der Waals surface area contributed by atoms with Crippen molar-refractivity contribution < 1.29 is 29.3 Å². The number of ether oxygens (including phenoxy) is 2. The van der Waals surface area contributed by atoms with Crippen LogP contribution in [0.1, 0.15) is 16.8 Å². The number of carbonyl (C=O) groups excluding carboxylic acids is 1. The lowest BCUT2D eigenvalue weighted by molar-refractivity contribution is -0.117. The highest BCUT2D eigenvalue weighted by Crippen LogP contribution is 2.27. The number of amides is 1. The molecule has 0 saturated carbocycles. The van der Waals surface area contributed by atoms with E-state index >= 15 is 0 Å². The molecule has 1 heterocycles. The van der Waals surface area contributed by atoms with Gasteiger partial charge in [0.05, 0.1) is 18.8 Å². The molecule has 1 atom stereocenters. The SMILES string of the molecule is O=C(O)c1ccc(OCC2CC(=O)N(c3ccc(OCCO)cc3)C2)cc1. The smallest absolute Gasteiger partial charge is 0.335 e. The van der Waals surface area contributed by atoms with Crippen molar-refractivity contribution in [1.82, 2.24) is 0 Å². The fourth-order valence-corrected chi connectivity index (χ4v) is 2.94. The van der Waals surface area contributed by atoms with Crippen LogP contribution >= 0.6 is 0 Å². The second-order valence-electron chi connectivity index (χ2n) is 6.28. The molecule has 0 aliphatic carbocycles. The van der Waals surface area contributed by atoms with Crippen LogP contribution in [0.25, 0.3) is 0 Å². The van der Waals surface area contributed by atoms with Crippen molar-refractivity contribution in [2.45, 2.75) is 6.42 Å². The Kier molecular flexibility index (Phi) is 5.93. The number of aliphatic hydroxyl groups excluding tert-OH is 1. The summed E-state index contributed by atoms with van der Waals surface area (Å²) in [5, 5.41) is 17.7. The number of aliphatic hydroxyl groups is 1. The van der Waals surface area contributed by atoms with Gasteiger partial charge in [0.15, 0.2) is 0 Å². The third kappa shape index (κ3) is 4.77. The number of hydrogen-bond acceptors (Lipinski definition) is 5. The van der Waals surface area contributed by atoms with Crippen LogP contribution in [0.2, 0.25) is 0 Å². The lowest BCUT2D eigenvalue weighted by atomic mass is 10.1. The number of aromatic carboxylic acids is 1. The number of carboxylic acid groups (broad SMARTS) is 1. The highest BCUT2D eigenvalue weighted by Gasteiger charge is 2.31. The second-order valence-corrected chi connectivity index (χ2v) is 6.28. The van der Waals surface area contributed by atoms with Gasteiger partial charge in [-0.15, -0.1) is 0 Å². The van der Waals surface area contributed by atoms with E-state index in [1.54, 1.807) is 29.2 Å². The lowest BCUT2D eigenvalue weighted by Gasteiger charge is -2.17. The van der Waals surface area contributed by atoms with Crippen LogP contribution in [0.3, 0.4) is 0 Å². The van der Waals surface area contributed by atoms with Gasteiger partial charge in [-0.25, -0.2) is 4.79 Å². The van der Waals surface area contributed by atoms with Crippen molar-refractivity contribution in [2.24, 2.45) is 5.92 Å². The first-order chi connectivity index (χ1) is 13.1. The summed E-state index contributed by atoms with van der Waals surface area (Å²) in [5.74, 6) is 0.336. The van der Waals surface area contributed by atoms with Crippen molar-refractivity contribution in [3.63, 3.8) is 0 Å². The van der Waals surface area contributed by atoms with Crippen LogP contribution in [-0.4, -0.2) is 48.5 Å². The molecule has 1 fully saturated rings. The molecule has 142 valence electrons. The molecule has 2 N–H and O–H groups in total. The van der Waals surface area contributed by atoms with Crippen molar-refractivity contribution in [3.8, 4) is 11.5 Å². The molecule has 7 heteroatoms. The molecule has 3 rings (SSSR count). The number of carbonyl (C=O) groups is 2. The van der Waals surface area contributed by atoms with Crippen LogP contribution in [0, 0.1) is 5.92 Å². The predicted octanol–water partition coefficient (Wildman–Crippen LogP) is 2.19. The van der Waals surface area contributed by atoms with E-state index in [0.717, 1.165) is 5.69 Å². The number of anilines is 1. The van der Waals surface area contributed by atoms with E-state index in [1.165, 1.54) is 12.1 Å². The third-order valence-corrected chi connectivity index (χ3v) is 4.30. The summed E-state index contributed by atoms with van der Waals surface area (Å²) in [6.07, 6.45) is 0.399. The van der Waals surface area contributed by atoms with E-state index in [2.05, 4.69) is 0 Å².